The summed E-state index contributed by atoms with van der Waals surface area (Å²) in [7, 11) is 0. The highest BCUT2D eigenvalue weighted by Gasteiger charge is 2.30. The third-order valence-corrected chi connectivity index (χ3v) is 7.54. The molecule has 1 atom stereocenters. The Hall–Kier alpha value is -2.27. The summed E-state index contributed by atoms with van der Waals surface area (Å²) in [6.07, 6.45) is 6.28. The fourth-order valence-corrected chi connectivity index (χ4v) is 5.81. The van der Waals surface area contributed by atoms with Crippen LogP contribution in [0.15, 0.2) is 42.5 Å². The molecule has 5 heteroatoms. The van der Waals surface area contributed by atoms with Gasteiger partial charge in [-0.3, -0.25) is 9.59 Å². The lowest BCUT2D eigenvalue weighted by atomic mass is 9.95. The van der Waals surface area contributed by atoms with Crippen molar-refractivity contribution in [2.45, 2.75) is 90.6 Å². The summed E-state index contributed by atoms with van der Waals surface area (Å²) in [5, 5.41) is 3.26. The highest BCUT2D eigenvalue weighted by atomic mass is 32.2. The Labute approximate surface area is 209 Å². The van der Waals surface area contributed by atoms with Crippen molar-refractivity contribution in [3.05, 3.63) is 70.3 Å². The highest BCUT2D eigenvalue weighted by molar-refractivity contribution is 7.99. The molecule has 1 fully saturated rings. The lowest BCUT2D eigenvalue weighted by Gasteiger charge is -2.33. The van der Waals surface area contributed by atoms with Gasteiger partial charge in [0.25, 0.3) is 0 Å². The molecule has 184 valence electrons. The van der Waals surface area contributed by atoms with Crippen LogP contribution in [0.1, 0.15) is 73.3 Å². The third-order valence-electron chi connectivity index (χ3n) is 6.55. The van der Waals surface area contributed by atoms with E-state index in [1.807, 2.05) is 19.1 Å². The van der Waals surface area contributed by atoms with Gasteiger partial charge < -0.3 is 10.2 Å². The van der Waals surface area contributed by atoms with Crippen LogP contribution in [0.4, 0.5) is 0 Å². The van der Waals surface area contributed by atoms with Gasteiger partial charge >= 0.3 is 0 Å². The van der Waals surface area contributed by atoms with Gasteiger partial charge in [-0.25, -0.2) is 0 Å². The quantitative estimate of drug-likeness (QED) is 0.447. The molecule has 4 nitrogen and oxygen atoms in total. The van der Waals surface area contributed by atoms with Crippen LogP contribution in [0.25, 0.3) is 0 Å². The second-order valence-corrected chi connectivity index (χ2v) is 10.8. The fraction of sp³-hybridized carbons (Fsp3) is 0.517. The zero-order valence-corrected chi connectivity index (χ0v) is 22.0. The summed E-state index contributed by atoms with van der Waals surface area (Å²) in [5.74, 6) is 1.18. The molecule has 0 aromatic heterocycles. The molecular formula is C29H40N2O2S. The van der Waals surface area contributed by atoms with Crippen molar-refractivity contribution in [2.75, 3.05) is 5.75 Å². The molecule has 1 aliphatic carbocycles. The predicted octanol–water partition coefficient (Wildman–Crippen LogP) is 6.10. The van der Waals surface area contributed by atoms with Crippen molar-refractivity contribution in [3.8, 4) is 0 Å². The van der Waals surface area contributed by atoms with Gasteiger partial charge in [-0.15, -0.1) is 11.8 Å². The van der Waals surface area contributed by atoms with E-state index in [-0.39, 0.29) is 17.9 Å². The number of amides is 2. The Balaban J connectivity index is 1.71. The van der Waals surface area contributed by atoms with Crippen LogP contribution in [0.3, 0.4) is 0 Å². The Morgan fingerprint density at radius 3 is 2.29 bits per heavy atom. The Morgan fingerprint density at radius 1 is 0.971 bits per heavy atom. The molecule has 1 aliphatic rings. The molecule has 2 aromatic carbocycles. The number of hydrogen-bond acceptors (Lipinski definition) is 3. The van der Waals surface area contributed by atoms with Gasteiger partial charge in [0.15, 0.2) is 0 Å². The molecule has 0 spiro atoms. The first-order valence-corrected chi connectivity index (χ1v) is 13.8. The Morgan fingerprint density at radius 2 is 1.65 bits per heavy atom. The number of nitrogens with zero attached hydrogens (tertiary/aromatic N) is 1. The van der Waals surface area contributed by atoms with Crippen LogP contribution < -0.4 is 5.32 Å². The lowest BCUT2D eigenvalue weighted by Crippen LogP contribution is -2.52. The second kappa shape index (κ2) is 13.0. The number of benzene rings is 2. The average molecular weight is 481 g/mol. The first-order valence-electron chi connectivity index (χ1n) is 12.7. The summed E-state index contributed by atoms with van der Waals surface area (Å²) in [6.45, 7) is 8.73. The largest absolute Gasteiger partial charge is 0.352 e. The summed E-state index contributed by atoms with van der Waals surface area (Å²) in [5.41, 5.74) is 5.95. The number of rotatable bonds is 10. The first-order chi connectivity index (χ1) is 16.4. The minimum absolute atomic E-state index is 0.00490. The van der Waals surface area contributed by atoms with Gasteiger partial charge in [0, 0.05) is 18.3 Å². The van der Waals surface area contributed by atoms with Crippen LogP contribution in [0.5, 0.6) is 0 Å². The molecule has 0 radical (unpaired) electrons. The van der Waals surface area contributed by atoms with Gasteiger partial charge in [0.2, 0.25) is 11.8 Å². The van der Waals surface area contributed by atoms with E-state index in [0.717, 1.165) is 29.7 Å². The number of nitrogens with one attached hydrogen (secondary N) is 1. The van der Waals surface area contributed by atoms with Crippen molar-refractivity contribution in [1.29, 1.82) is 0 Å². The molecule has 1 saturated carbocycles. The van der Waals surface area contributed by atoms with Crippen molar-refractivity contribution in [3.63, 3.8) is 0 Å². The lowest BCUT2D eigenvalue weighted by molar-refractivity contribution is -0.139. The summed E-state index contributed by atoms with van der Waals surface area (Å²) in [6, 6.07) is 14.6. The van der Waals surface area contributed by atoms with E-state index in [0.29, 0.717) is 18.7 Å². The summed E-state index contributed by atoms with van der Waals surface area (Å²) in [4.78, 5) is 28.6. The number of aryl methyl sites for hydroxylation is 3. The molecule has 0 heterocycles. The molecule has 1 unspecified atom stereocenters. The van der Waals surface area contributed by atoms with Crippen LogP contribution in [-0.2, 0) is 21.9 Å². The molecule has 0 aliphatic heterocycles. The van der Waals surface area contributed by atoms with E-state index in [9.17, 15) is 9.59 Å². The van der Waals surface area contributed by atoms with E-state index < -0.39 is 6.04 Å². The molecule has 0 saturated heterocycles. The van der Waals surface area contributed by atoms with E-state index in [2.05, 4.69) is 56.4 Å². The fourth-order valence-electron chi connectivity index (χ4n) is 4.96. The minimum Gasteiger partial charge on any atom is -0.352 e. The maximum Gasteiger partial charge on any atom is 0.243 e. The van der Waals surface area contributed by atoms with Crippen LogP contribution in [0, 0.1) is 20.8 Å². The maximum absolute atomic E-state index is 13.5. The van der Waals surface area contributed by atoms with Crippen molar-refractivity contribution >= 4 is 23.6 Å². The zero-order chi connectivity index (χ0) is 24.5. The second-order valence-electron chi connectivity index (χ2n) is 9.77. The number of hydrogen-bond donors (Lipinski definition) is 1. The normalized spacial score (nSPS) is 15.1. The predicted molar refractivity (Wildman–Crippen MR) is 143 cm³/mol. The number of carbonyl (C=O) groups excluding carboxylic acids is 2. The van der Waals surface area contributed by atoms with Gasteiger partial charge in [0.1, 0.15) is 6.04 Å². The van der Waals surface area contributed by atoms with E-state index >= 15 is 0 Å². The Bertz CT molecular complexity index is 948. The van der Waals surface area contributed by atoms with Crippen LogP contribution in [0.2, 0.25) is 0 Å². The van der Waals surface area contributed by atoms with Gasteiger partial charge in [-0.05, 0) is 51.2 Å². The van der Waals surface area contributed by atoms with E-state index in [1.165, 1.54) is 36.0 Å². The standard InChI is InChI=1S/C29H40N2O2S/c1-5-27(29(33)30-26-12-7-6-8-13-26)31(18-24-11-9-10-21(2)15-24)28(32)20-34-19-25-16-22(3)14-23(4)17-25/h9-11,14-17,26-27H,5-8,12-13,18-20H2,1-4H3,(H,30,33). The minimum atomic E-state index is -0.447. The Kier molecular flexibility index (Phi) is 10.1. The van der Waals surface area contributed by atoms with E-state index in [1.54, 1.807) is 16.7 Å². The average Bonchev–Trinajstić information content (AvgIpc) is 2.79. The van der Waals surface area contributed by atoms with Crippen LogP contribution >= 0.6 is 11.8 Å². The van der Waals surface area contributed by atoms with Gasteiger partial charge in [-0.2, -0.15) is 0 Å². The number of thioether (sulfide) groups is 1. The SMILES string of the molecule is CCC(C(=O)NC1CCCCC1)N(Cc1cccc(C)c1)C(=O)CSCc1cc(C)cc(C)c1. The molecule has 34 heavy (non-hydrogen) atoms. The van der Waals surface area contributed by atoms with Crippen LogP contribution in [-0.4, -0.2) is 34.6 Å². The third kappa shape index (κ3) is 7.90. The molecule has 2 amide bonds. The molecule has 3 rings (SSSR count). The first kappa shape index (κ1) is 26.3. The molecule has 2 aromatic rings. The molecular weight excluding hydrogens is 440 g/mol. The highest BCUT2D eigenvalue weighted by Crippen LogP contribution is 2.21. The molecule has 0 bridgehead atoms. The van der Waals surface area contributed by atoms with Crippen molar-refractivity contribution in [1.82, 2.24) is 10.2 Å². The van der Waals surface area contributed by atoms with Crippen molar-refractivity contribution in [2.24, 2.45) is 0 Å². The van der Waals surface area contributed by atoms with Gasteiger partial charge in [0.05, 0.1) is 5.75 Å². The smallest absolute Gasteiger partial charge is 0.243 e. The zero-order valence-electron chi connectivity index (χ0n) is 21.2. The monoisotopic (exact) mass is 480 g/mol. The van der Waals surface area contributed by atoms with Gasteiger partial charge in [-0.1, -0.05) is 85.3 Å². The van der Waals surface area contributed by atoms with Crippen molar-refractivity contribution < 1.29 is 9.59 Å². The topological polar surface area (TPSA) is 49.4 Å². The maximum atomic E-state index is 13.5. The molecule has 1 N–H and O–H groups in total. The number of carbonyl (C=O) groups is 2. The summed E-state index contributed by atoms with van der Waals surface area (Å²) >= 11 is 1.63. The summed E-state index contributed by atoms with van der Waals surface area (Å²) < 4.78 is 0. The van der Waals surface area contributed by atoms with E-state index in [4.69, 9.17) is 0 Å².